The average molecular weight is 276 g/mol. The molecule has 1 fully saturated rings. The number of hydrogen-bond acceptors (Lipinski definition) is 3. The minimum absolute atomic E-state index is 0.283. The average Bonchev–Trinajstić information content (AvgIpc) is 2.47. The molecule has 0 aliphatic carbocycles. The van der Waals surface area contributed by atoms with Crippen LogP contribution in [0.15, 0.2) is 24.3 Å². The Bertz CT molecular complexity index is 452. The van der Waals surface area contributed by atoms with E-state index < -0.39 is 0 Å². The summed E-state index contributed by atoms with van der Waals surface area (Å²) in [5.74, 6) is 1.59. The number of amides is 1. The van der Waals surface area contributed by atoms with Gasteiger partial charge in [0.25, 0.3) is 0 Å². The Balaban J connectivity index is 1.92. The molecule has 1 aromatic rings. The van der Waals surface area contributed by atoms with E-state index in [1.165, 1.54) is 5.69 Å². The molecule has 0 atom stereocenters. The van der Waals surface area contributed by atoms with Crippen molar-refractivity contribution in [3.8, 4) is 5.75 Å². The predicted octanol–water partition coefficient (Wildman–Crippen LogP) is 2.39. The standard InChI is InChI=1S/C16H24N2O2/c1-13(2)11-16(19)18-9-7-17(8-10-18)14-5-4-6-15(12-14)20-3/h4-6,12-13H,7-11H2,1-3H3. The molecule has 0 radical (unpaired) electrons. The summed E-state index contributed by atoms with van der Waals surface area (Å²) < 4.78 is 5.26. The van der Waals surface area contributed by atoms with Gasteiger partial charge in [-0.3, -0.25) is 4.79 Å². The Kier molecular flexibility index (Phi) is 4.88. The quantitative estimate of drug-likeness (QED) is 0.846. The fourth-order valence-electron chi connectivity index (χ4n) is 2.50. The van der Waals surface area contributed by atoms with Crippen LogP contribution in [0, 0.1) is 5.92 Å². The molecule has 4 heteroatoms. The third kappa shape index (κ3) is 3.65. The lowest BCUT2D eigenvalue weighted by Gasteiger charge is -2.36. The zero-order chi connectivity index (χ0) is 14.5. The minimum Gasteiger partial charge on any atom is -0.497 e. The highest BCUT2D eigenvalue weighted by Gasteiger charge is 2.21. The number of carbonyl (C=O) groups excluding carboxylic acids is 1. The number of carbonyl (C=O) groups is 1. The first kappa shape index (κ1) is 14.7. The summed E-state index contributed by atoms with van der Waals surface area (Å²) in [5.41, 5.74) is 1.17. The molecule has 2 rings (SSSR count). The van der Waals surface area contributed by atoms with Gasteiger partial charge in [0.1, 0.15) is 5.75 Å². The molecule has 0 unspecified atom stereocenters. The molecule has 1 aliphatic rings. The first-order valence-electron chi connectivity index (χ1n) is 7.27. The number of hydrogen-bond donors (Lipinski definition) is 0. The second-order valence-electron chi connectivity index (χ2n) is 5.67. The molecule has 1 saturated heterocycles. The Labute approximate surface area is 121 Å². The lowest BCUT2D eigenvalue weighted by Crippen LogP contribution is -2.49. The van der Waals surface area contributed by atoms with Crippen molar-refractivity contribution in [3.63, 3.8) is 0 Å². The zero-order valence-electron chi connectivity index (χ0n) is 12.6. The van der Waals surface area contributed by atoms with Crippen molar-refractivity contribution >= 4 is 11.6 Å². The van der Waals surface area contributed by atoms with Gasteiger partial charge in [-0.25, -0.2) is 0 Å². The maximum Gasteiger partial charge on any atom is 0.222 e. The molecule has 0 N–H and O–H groups in total. The van der Waals surface area contributed by atoms with Crippen molar-refractivity contribution in [3.05, 3.63) is 24.3 Å². The van der Waals surface area contributed by atoms with Crippen molar-refractivity contribution in [1.82, 2.24) is 4.90 Å². The summed E-state index contributed by atoms with van der Waals surface area (Å²) in [6.07, 6.45) is 0.652. The van der Waals surface area contributed by atoms with Crippen molar-refractivity contribution in [1.29, 1.82) is 0 Å². The van der Waals surface area contributed by atoms with Crippen LogP contribution in [0.5, 0.6) is 5.75 Å². The fraction of sp³-hybridized carbons (Fsp3) is 0.562. The van der Waals surface area contributed by atoms with Gasteiger partial charge in [-0.05, 0) is 18.1 Å². The minimum atomic E-state index is 0.283. The van der Waals surface area contributed by atoms with Gasteiger partial charge in [-0.1, -0.05) is 19.9 Å². The number of methoxy groups -OCH3 is 1. The smallest absolute Gasteiger partial charge is 0.222 e. The van der Waals surface area contributed by atoms with Crippen LogP contribution >= 0.6 is 0 Å². The molecule has 1 heterocycles. The van der Waals surface area contributed by atoms with Crippen molar-refractivity contribution < 1.29 is 9.53 Å². The van der Waals surface area contributed by atoms with Gasteiger partial charge in [-0.2, -0.15) is 0 Å². The summed E-state index contributed by atoms with van der Waals surface area (Å²) in [6, 6.07) is 8.09. The van der Waals surface area contributed by atoms with Crippen LogP contribution < -0.4 is 9.64 Å². The van der Waals surface area contributed by atoms with Crippen molar-refractivity contribution in [2.75, 3.05) is 38.2 Å². The predicted molar refractivity (Wildman–Crippen MR) is 81.2 cm³/mol. The second-order valence-corrected chi connectivity index (χ2v) is 5.67. The Hall–Kier alpha value is -1.71. The summed E-state index contributed by atoms with van der Waals surface area (Å²) >= 11 is 0. The van der Waals surface area contributed by atoms with E-state index in [1.807, 2.05) is 23.1 Å². The molecule has 20 heavy (non-hydrogen) atoms. The fourth-order valence-corrected chi connectivity index (χ4v) is 2.50. The molecular formula is C16H24N2O2. The molecular weight excluding hydrogens is 252 g/mol. The van der Waals surface area contributed by atoms with E-state index in [-0.39, 0.29) is 5.91 Å². The third-order valence-corrected chi connectivity index (χ3v) is 3.63. The largest absolute Gasteiger partial charge is 0.497 e. The second kappa shape index (κ2) is 6.64. The van der Waals surface area contributed by atoms with E-state index in [1.54, 1.807) is 7.11 Å². The summed E-state index contributed by atoms with van der Waals surface area (Å²) in [7, 11) is 1.68. The van der Waals surface area contributed by atoms with E-state index >= 15 is 0 Å². The van der Waals surface area contributed by atoms with Crippen LogP contribution in [0.4, 0.5) is 5.69 Å². The van der Waals surface area contributed by atoms with Crippen LogP contribution in [0.2, 0.25) is 0 Å². The van der Waals surface area contributed by atoms with Crippen LogP contribution in [-0.4, -0.2) is 44.1 Å². The van der Waals surface area contributed by atoms with Crippen LogP contribution in [0.25, 0.3) is 0 Å². The van der Waals surface area contributed by atoms with Crippen molar-refractivity contribution in [2.45, 2.75) is 20.3 Å². The highest BCUT2D eigenvalue weighted by molar-refractivity contribution is 5.76. The van der Waals surface area contributed by atoms with E-state index in [2.05, 4.69) is 24.8 Å². The zero-order valence-corrected chi connectivity index (χ0v) is 12.6. The van der Waals surface area contributed by atoms with Gasteiger partial charge in [0.2, 0.25) is 5.91 Å². The number of anilines is 1. The molecule has 110 valence electrons. The molecule has 0 bridgehead atoms. The lowest BCUT2D eigenvalue weighted by molar-refractivity contribution is -0.132. The van der Waals surface area contributed by atoms with Crippen molar-refractivity contribution in [2.24, 2.45) is 5.92 Å². The Morgan fingerprint density at radius 1 is 1.25 bits per heavy atom. The number of rotatable bonds is 4. The molecule has 1 amide bonds. The molecule has 0 saturated carbocycles. The van der Waals surface area contributed by atoms with Gasteiger partial charge in [-0.15, -0.1) is 0 Å². The number of benzene rings is 1. The molecule has 0 aromatic heterocycles. The van der Waals surface area contributed by atoms with E-state index in [0.717, 1.165) is 31.9 Å². The maximum atomic E-state index is 12.0. The van der Waals surface area contributed by atoms with Crippen LogP contribution in [-0.2, 0) is 4.79 Å². The molecule has 1 aliphatic heterocycles. The SMILES string of the molecule is COc1cccc(N2CCN(C(=O)CC(C)C)CC2)c1. The van der Waals surface area contributed by atoms with Gasteiger partial charge >= 0.3 is 0 Å². The lowest BCUT2D eigenvalue weighted by atomic mass is 10.1. The number of ether oxygens (including phenoxy) is 1. The summed E-state index contributed by atoms with van der Waals surface area (Å²) in [5, 5.41) is 0. The number of piperazine rings is 1. The summed E-state index contributed by atoms with van der Waals surface area (Å²) in [4.78, 5) is 16.3. The van der Waals surface area contributed by atoms with E-state index in [4.69, 9.17) is 4.74 Å². The molecule has 1 aromatic carbocycles. The van der Waals surface area contributed by atoms with Crippen LogP contribution in [0.3, 0.4) is 0 Å². The summed E-state index contributed by atoms with van der Waals surface area (Å²) in [6.45, 7) is 7.56. The third-order valence-electron chi connectivity index (χ3n) is 3.63. The first-order valence-corrected chi connectivity index (χ1v) is 7.27. The van der Waals surface area contributed by atoms with Gasteiger partial charge < -0.3 is 14.5 Å². The highest BCUT2D eigenvalue weighted by atomic mass is 16.5. The van der Waals surface area contributed by atoms with Gasteiger partial charge in [0.15, 0.2) is 0 Å². The van der Waals surface area contributed by atoms with E-state index in [9.17, 15) is 4.79 Å². The van der Waals surface area contributed by atoms with E-state index in [0.29, 0.717) is 12.3 Å². The normalized spacial score (nSPS) is 15.6. The molecule has 0 spiro atoms. The maximum absolute atomic E-state index is 12.0. The monoisotopic (exact) mass is 276 g/mol. The molecule has 4 nitrogen and oxygen atoms in total. The van der Waals surface area contributed by atoms with Gasteiger partial charge in [0, 0.05) is 44.4 Å². The first-order chi connectivity index (χ1) is 9.60. The number of nitrogens with zero attached hydrogens (tertiary/aromatic N) is 2. The Morgan fingerprint density at radius 3 is 2.55 bits per heavy atom. The highest BCUT2D eigenvalue weighted by Crippen LogP contribution is 2.22. The van der Waals surface area contributed by atoms with Gasteiger partial charge in [0.05, 0.1) is 7.11 Å². The Morgan fingerprint density at radius 2 is 1.95 bits per heavy atom. The van der Waals surface area contributed by atoms with Crippen LogP contribution in [0.1, 0.15) is 20.3 Å². The topological polar surface area (TPSA) is 32.8 Å².